The van der Waals surface area contributed by atoms with Gasteiger partial charge in [0.25, 0.3) is 0 Å². The summed E-state index contributed by atoms with van der Waals surface area (Å²) in [7, 11) is 0. The lowest BCUT2D eigenvalue weighted by Crippen LogP contribution is -2.28. The van der Waals surface area contributed by atoms with Crippen molar-refractivity contribution in [2.75, 3.05) is 0 Å². The molecule has 1 amide bonds. The van der Waals surface area contributed by atoms with Gasteiger partial charge in [-0.1, -0.05) is 24.3 Å². The molecule has 3 rings (SSSR count). The van der Waals surface area contributed by atoms with E-state index < -0.39 is 46.9 Å². The van der Waals surface area contributed by atoms with Gasteiger partial charge in [-0.25, -0.2) is 0 Å². The van der Waals surface area contributed by atoms with Crippen molar-refractivity contribution in [3.63, 3.8) is 0 Å². The Morgan fingerprint density at radius 2 is 1.52 bits per heavy atom. The average Bonchev–Trinajstić information content (AvgIpc) is 3.22. The Kier molecular flexibility index (Phi) is 6.77. The van der Waals surface area contributed by atoms with Crippen molar-refractivity contribution in [1.29, 1.82) is 0 Å². The van der Waals surface area contributed by atoms with Crippen LogP contribution >= 0.6 is 0 Å². The summed E-state index contributed by atoms with van der Waals surface area (Å²) >= 11 is 0. The van der Waals surface area contributed by atoms with E-state index in [1.807, 2.05) is 0 Å². The number of amides is 1. The first kappa shape index (κ1) is 24.2. The van der Waals surface area contributed by atoms with Gasteiger partial charge in [-0.05, 0) is 29.3 Å². The molecule has 2 aromatic carbocycles. The highest BCUT2D eigenvalue weighted by molar-refractivity contribution is 5.73. The molecular weight excluding hydrogens is 454 g/mol. The minimum atomic E-state index is -5.02. The Morgan fingerprint density at radius 1 is 0.970 bits per heavy atom. The van der Waals surface area contributed by atoms with Crippen LogP contribution in [0.1, 0.15) is 41.1 Å². The number of carbonyl (C=O) groups is 1. The molecule has 1 unspecified atom stereocenters. The van der Waals surface area contributed by atoms with Crippen molar-refractivity contribution in [3.05, 3.63) is 70.6 Å². The van der Waals surface area contributed by atoms with E-state index >= 15 is 0 Å². The molecule has 1 heterocycles. The van der Waals surface area contributed by atoms with Gasteiger partial charge in [-0.3, -0.25) is 4.79 Å². The summed E-state index contributed by atoms with van der Waals surface area (Å²) in [6, 6.07) is 7.21. The third-order valence-corrected chi connectivity index (χ3v) is 4.65. The maximum atomic E-state index is 13.1. The van der Waals surface area contributed by atoms with Crippen molar-refractivity contribution in [2.45, 2.75) is 38.3 Å². The van der Waals surface area contributed by atoms with E-state index in [9.17, 15) is 31.1 Å². The highest BCUT2D eigenvalue weighted by Gasteiger charge is 2.37. The predicted molar refractivity (Wildman–Crippen MR) is 104 cm³/mol. The van der Waals surface area contributed by atoms with Crippen LogP contribution in [0, 0.1) is 0 Å². The number of nitrogens with one attached hydrogen (secondary N) is 1. The van der Waals surface area contributed by atoms with Crippen molar-refractivity contribution in [3.8, 4) is 11.5 Å². The molecule has 0 aliphatic rings. The van der Waals surface area contributed by atoms with Crippen LogP contribution in [-0.4, -0.2) is 16.1 Å². The number of nitrogens with two attached hydrogens (primary N) is 1. The van der Waals surface area contributed by atoms with E-state index in [0.29, 0.717) is 18.7 Å². The first-order chi connectivity index (χ1) is 15.4. The highest BCUT2D eigenvalue weighted by Crippen LogP contribution is 2.38. The van der Waals surface area contributed by atoms with Gasteiger partial charge >= 0.3 is 12.4 Å². The second kappa shape index (κ2) is 9.22. The normalized spacial score (nSPS) is 13.1. The van der Waals surface area contributed by atoms with Gasteiger partial charge in [0.05, 0.1) is 11.1 Å². The van der Waals surface area contributed by atoms with Crippen molar-refractivity contribution >= 4 is 5.91 Å². The molecule has 3 aromatic rings. The van der Waals surface area contributed by atoms with Gasteiger partial charge in [0, 0.05) is 25.5 Å². The Bertz CT molecular complexity index is 1090. The van der Waals surface area contributed by atoms with E-state index in [1.54, 1.807) is 24.3 Å². The number of hydrogen-bond donors (Lipinski definition) is 2. The van der Waals surface area contributed by atoms with Gasteiger partial charge < -0.3 is 15.5 Å². The molecule has 176 valence electrons. The lowest BCUT2D eigenvalue weighted by atomic mass is 10.0. The summed E-state index contributed by atoms with van der Waals surface area (Å²) in [5.74, 6) is -1.17. The zero-order valence-corrected chi connectivity index (χ0v) is 17.1. The Morgan fingerprint density at radius 3 is 2.00 bits per heavy atom. The molecule has 12 heteroatoms. The molecule has 0 spiro atoms. The molecule has 33 heavy (non-hydrogen) atoms. The second-order valence-corrected chi connectivity index (χ2v) is 7.22. The molecule has 0 aliphatic carbocycles. The van der Waals surface area contributed by atoms with Crippen LogP contribution in [0.15, 0.2) is 46.9 Å². The van der Waals surface area contributed by atoms with Crippen LogP contribution in [0.25, 0.3) is 11.5 Å². The van der Waals surface area contributed by atoms with E-state index in [0.717, 1.165) is 11.1 Å². The maximum Gasteiger partial charge on any atom is 0.416 e. The molecule has 1 aromatic heterocycles. The molecule has 6 nitrogen and oxygen atoms in total. The van der Waals surface area contributed by atoms with Crippen LogP contribution < -0.4 is 11.1 Å². The molecule has 0 aliphatic heterocycles. The topological polar surface area (TPSA) is 94.0 Å². The summed E-state index contributed by atoms with van der Waals surface area (Å²) in [5, 5.41) is 9.95. The third kappa shape index (κ3) is 6.09. The number of halogens is 6. The van der Waals surface area contributed by atoms with E-state index in [2.05, 4.69) is 15.5 Å². The fourth-order valence-electron chi connectivity index (χ4n) is 3.06. The van der Waals surface area contributed by atoms with Crippen LogP contribution in [0.2, 0.25) is 0 Å². The number of benzene rings is 2. The number of rotatable bonds is 6. The fourth-order valence-corrected chi connectivity index (χ4v) is 3.06. The summed E-state index contributed by atoms with van der Waals surface area (Å²) in [6.07, 6.45) is -9.86. The average molecular weight is 472 g/mol. The summed E-state index contributed by atoms with van der Waals surface area (Å²) in [6.45, 7) is 1.57. The third-order valence-electron chi connectivity index (χ3n) is 4.65. The second-order valence-electron chi connectivity index (χ2n) is 7.22. The quantitative estimate of drug-likeness (QED) is 0.510. The Labute approximate surface area is 183 Å². The van der Waals surface area contributed by atoms with Crippen LogP contribution in [0.4, 0.5) is 26.3 Å². The lowest BCUT2D eigenvalue weighted by Gasteiger charge is -2.14. The predicted octanol–water partition coefficient (Wildman–Crippen LogP) is 4.65. The SMILES string of the molecule is CC(=O)NC(Cc1ccc(CN)cc1)c1nnc(-c2cc(C(F)(F)F)cc(C(F)(F)F)c2)o1. The van der Waals surface area contributed by atoms with Gasteiger partial charge in [0.1, 0.15) is 6.04 Å². The number of aromatic nitrogens is 2. The molecule has 0 radical (unpaired) electrons. The first-order valence-electron chi connectivity index (χ1n) is 9.55. The van der Waals surface area contributed by atoms with Gasteiger partial charge in [0.15, 0.2) is 0 Å². The van der Waals surface area contributed by atoms with Gasteiger partial charge in [-0.15, -0.1) is 10.2 Å². The lowest BCUT2D eigenvalue weighted by molar-refractivity contribution is -0.143. The fraction of sp³-hybridized carbons (Fsp3) is 0.286. The minimum absolute atomic E-state index is 0.00585. The number of carbonyl (C=O) groups excluding carboxylic acids is 1. The zero-order valence-electron chi connectivity index (χ0n) is 17.1. The smallest absolute Gasteiger partial charge is 0.416 e. The maximum absolute atomic E-state index is 13.1. The summed E-state index contributed by atoms with van der Waals surface area (Å²) in [5.41, 5.74) is 3.62. The van der Waals surface area contributed by atoms with E-state index in [-0.39, 0.29) is 18.4 Å². The summed E-state index contributed by atoms with van der Waals surface area (Å²) < 4.78 is 84.2. The standard InChI is InChI=1S/C21H18F6N4O2/c1-11(32)29-17(6-12-2-4-13(10-28)5-3-12)19-31-30-18(33-19)14-7-15(20(22,23)24)9-16(8-14)21(25,26)27/h2-5,7-9,17H,6,10,28H2,1H3,(H,29,32). The largest absolute Gasteiger partial charge is 0.418 e. The number of hydrogen-bond acceptors (Lipinski definition) is 5. The van der Waals surface area contributed by atoms with Crippen LogP contribution in [0.3, 0.4) is 0 Å². The van der Waals surface area contributed by atoms with Crippen LogP contribution in [0.5, 0.6) is 0 Å². The first-order valence-corrected chi connectivity index (χ1v) is 9.55. The van der Waals surface area contributed by atoms with Crippen molar-refractivity contribution in [2.24, 2.45) is 5.73 Å². The number of nitrogens with zero attached hydrogens (tertiary/aromatic N) is 2. The van der Waals surface area contributed by atoms with Crippen molar-refractivity contribution in [1.82, 2.24) is 15.5 Å². The minimum Gasteiger partial charge on any atom is -0.418 e. The Hall–Kier alpha value is -3.41. The van der Waals surface area contributed by atoms with Gasteiger partial charge in [0.2, 0.25) is 17.7 Å². The molecule has 1 atom stereocenters. The monoisotopic (exact) mass is 472 g/mol. The molecule has 0 saturated carbocycles. The molecule has 0 bridgehead atoms. The van der Waals surface area contributed by atoms with E-state index in [4.69, 9.17) is 10.2 Å². The molecule has 0 fully saturated rings. The summed E-state index contributed by atoms with van der Waals surface area (Å²) in [4.78, 5) is 11.6. The van der Waals surface area contributed by atoms with Gasteiger partial charge in [-0.2, -0.15) is 26.3 Å². The molecule has 0 saturated heterocycles. The van der Waals surface area contributed by atoms with E-state index in [1.165, 1.54) is 6.92 Å². The number of alkyl halides is 6. The van der Waals surface area contributed by atoms with Crippen molar-refractivity contribution < 1.29 is 35.6 Å². The molecular formula is C21H18F6N4O2. The van der Waals surface area contributed by atoms with Crippen LogP contribution in [-0.2, 0) is 30.1 Å². The zero-order chi connectivity index (χ0) is 24.4. The highest BCUT2D eigenvalue weighted by atomic mass is 19.4. The Balaban J connectivity index is 1.97. The molecule has 3 N–H and O–H groups in total.